The number of hydrogen-bond acceptors (Lipinski definition) is 2. The molecule has 1 aliphatic carbocycles. The van der Waals surface area contributed by atoms with Crippen LogP contribution in [0.4, 0.5) is 0 Å². The number of carbonyl (C=O) groups is 1. The average molecular weight is 198 g/mol. The summed E-state index contributed by atoms with van der Waals surface area (Å²) in [4.78, 5) is 11.2. The van der Waals surface area contributed by atoms with Crippen molar-refractivity contribution in [2.45, 2.75) is 45.6 Å². The van der Waals surface area contributed by atoms with Crippen LogP contribution in [0.3, 0.4) is 0 Å². The van der Waals surface area contributed by atoms with Gasteiger partial charge >= 0.3 is 0 Å². The fraction of sp³-hybridized carbons (Fsp3) is 0.909. The minimum Gasteiger partial charge on any atom is -0.354 e. The van der Waals surface area contributed by atoms with Crippen molar-refractivity contribution in [3.05, 3.63) is 0 Å². The normalized spacial score (nSPS) is 15.9. The van der Waals surface area contributed by atoms with Gasteiger partial charge in [-0.2, -0.15) is 0 Å². The molecule has 3 nitrogen and oxygen atoms in total. The van der Waals surface area contributed by atoms with Crippen LogP contribution >= 0.6 is 0 Å². The minimum atomic E-state index is 0.152. The highest BCUT2D eigenvalue weighted by atomic mass is 16.1. The minimum absolute atomic E-state index is 0.152. The number of rotatable bonds is 7. The van der Waals surface area contributed by atoms with Crippen LogP contribution in [0.15, 0.2) is 0 Å². The Kier molecular flexibility index (Phi) is 4.94. The molecule has 82 valence electrons. The lowest BCUT2D eigenvalue weighted by atomic mass is 10.3. The molecule has 0 atom stereocenters. The Bertz CT molecular complexity index is 176. The zero-order valence-corrected chi connectivity index (χ0v) is 9.31. The second-order valence-corrected chi connectivity index (χ2v) is 4.45. The molecule has 1 amide bonds. The van der Waals surface area contributed by atoms with Crippen molar-refractivity contribution in [3.8, 4) is 0 Å². The van der Waals surface area contributed by atoms with Crippen molar-refractivity contribution in [2.24, 2.45) is 5.92 Å². The van der Waals surface area contributed by atoms with E-state index in [1.807, 2.05) is 13.8 Å². The topological polar surface area (TPSA) is 41.1 Å². The third-order valence-electron chi connectivity index (χ3n) is 2.40. The quantitative estimate of drug-likeness (QED) is 0.605. The maximum absolute atomic E-state index is 11.2. The van der Waals surface area contributed by atoms with Crippen molar-refractivity contribution in [1.82, 2.24) is 10.6 Å². The van der Waals surface area contributed by atoms with E-state index in [-0.39, 0.29) is 11.9 Å². The summed E-state index contributed by atoms with van der Waals surface area (Å²) < 4.78 is 0. The fourth-order valence-corrected chi connectivity index (χ4v) is 1.43. The molecule has 1 saturated carbocycles. The summed E-state index contributed by atoms with van der Waals surface area (Å²) in [5.41, 5.74) is 0. The fourth-order valence-electron chi connectivity index (χ4n) is 1.43. The molecule has 0 aliphatic heterocycles. The Hall–Kier alpha value is -0.570. The van der Waals surface area contributed by atoms with E-state index in [1.165, 1.54) is 19.3 Å². The van der Waals surface area contributed by atoms with Gasteiger partial charge in [0.15, 0.2) is 0 Å². The predicted molar refractivity (Wildman–Crippen MR) is 58.1 cm³/mol. The van der Waals surface area contributed by atoms with Crippen LogP contribution < -0.4 is 10.6 Å². The molecule has 0 aromatic rings. The Morgan fingerprint density at radius 3 is 2.64 bits per heavy atom. The predicted octanol–water partition coefficient (Wildman–Crippen LogP) is 1.29. The highest BCUT2D eigenvalue weighted by Crippen LogP contribution is 2.31. The van der Waals surface area contributed by atoms with E-state index in [4.69, 9.17) is 0 Å². The van der Waals surface area contributed by atoms with E-state index < -0.39 is 0 Å². The van der Waals surface area contributed by atoms with Crippen LogP contribution in [0.5, 0.6) is 0 Å². The van der Waals surface area contributed by atoms with Gasteiger partial charge in [-0.15, -0.1) is 0 Å². The van der Waals surface area contributed by atoms with Gasteiger partial charge in [0.05, 0.1) is 0 Å². The van der Waals surface area contributed by atoms with Gasteiger partial charge in [0.2, 0.25) is 5.91 Å². The Morgan fingerprint density at radius 2 is 2.07 bits per heavy atom. The van der Waals surface area contributed by atoms with Gasteiger partial charge in [0.25, 0.3) is 0 Å². The maximum atomic E-state index is 11.2. The van der Waals surface area contributed by atoms with E-state index >= 15 is 0 Å². The smallest absolute Gasteiger partial charge is 0.221 e. The molecule has 1 rings (SSSR count). The Morgan fingerprint density at radius 1 is 1.36 bits per heavy atom. The highest BCUT2D eigenvalue weighted by molar-refractivity contribution is 5.76. The van der Waals surface area contributed by atoms with Gasteiger partial charge in [-0.25, -0.2) is 0 Å². The number of amides is 1. The molecule has 0 unspecified atom stereocenters. The second-order valence-electron chi connectivity index (χ2n) is 4.45. The zero-order chi connectivity index (χ0) is 10.4. The van der Waals surface area contributed by atoms with Crippen LogP contribution in [0, 0.1) is 5.92 Å². The van der Waals surface area contributed by atoms with Gasteiger partial charge in [0, 0.05) is 19.0 Å². The summed E-state index contributed by atoms with van der Waals surface area (Å²) in [5, 5.41) is 6.18. The molecule has 1 aliphatic rings. The summed E-state index contributed by atoms with van der Waals surface area (Å²) in [7, 11) is 0. The molecular formula is C11H22N2O. The van der Waals surface area contributed by atoms with Gasteiger partial charge in [-0.3, -0.25) is 4.79 Å². The molecule has 0 heterocycles. The van der Waals surface area contributed by atoms with Crippen LogP contribution in [-0.4, -0.2) is 25.0 Å². The van der Waals surface area contributed by atoms with Gasteiger partial charge < -0.3 is 10.6 Å². The lowest BCUT2D eigenvalue weighted by molar-refractivity contribution is -0.121. The third-order valence-corrected chi connectivity index (χ3v) is 2.40. The van der Waals surface area contributed by atoms with Crippen LogP contribution in [0.2, 0.25) is 0 Å². The summed E-state index contributed by atoms with van der Waals surface area (Å²) in [6.45, 7) is 5.85. The van der Waals surface area contributed by atoms with Crippen molar-refractivity contribution in [2.75, 3.05) is 13.1 Å². The number of nitrogens with one attached hydrogen (secondary N) is 2. The Labute approximate surface area is 86.6 Å². The van der Waals surface area contributed by atoms with Crippen molar-refractivity contribution >= 4 is 5.91 Å². The maximum Gasteiger partial charge on any atom is 0.221 e. The lowest BCUT2D eigenvalue weighted by Crippen LogP contribution is -2.32. The molecule has 2 N–H and O–H groups in total. The van der Waals surface area contributed by atoms with E-state index in [0.29, 0.717) is 6.42 Å². The first-order chi connectivity index (χ1) is 6.68. The molecule has 0 aromatic heterocycles. The van der Waals surface area contributed by atoms with E-state index in [9.17, 15) is 4.79 Å². The molecule has 0 spiro atoms. The summed E-state index contributed by atoms with van der Waals surface area (Å²) in [5.74, 6) is 1.13. The molecule has 0 radical (unpaired) electrons. The van der Waals surface area contributed by atoms with Crippen LogP contribution in [0.1, 0.15) is 39.5 Å². The second kappa shape index (κ2) is 6.02. The average Bonchev–Trinajstić information content (AvgIpc) is 2.86. The SMILES string of the molecule is CC(C)NC(=O)CCNCCC1CC1. The number of hydrogen-bond donors (Lipinski definition) is 2. The third kappa shape index (κ3) is 5.97. The molecule has 3 heteroatoms. The Balaban J connectivity index is 1.84. The van der Waals surface area contributed by atoms with Crippen LogP contribution in [0.25, 0.3) is 0 Å². The highest BCUT2D eigenvalue weighted by Gasteiger charge is 2.19. The lowest BCUT2D eigenvalue weighted by Gasteiger charge is -2.08. The first-order valence-corrected chi connectivity index (χ1v) is 5.68. The largest absolute Gasteiger partial charge is 0.354 e. The molecule has 1 fully saturated rings. The standard InChI is InChI=1S/C11H22N2O/c1-9(2)13-11(14)6-8-12-7-5-10-3-4-10/h9-10,12H,3-8H2,1-2H3,(H,13,14). The van der Waals surface area contributed by atoms with Crippen molar-refractivity contribution < 1.29 is 4.79 Å². The van der Waals surface area contributed by atoms with E-state index in [1.54, 1.807) is 0 Å². The van der Waals surface area contributed by atoms with Gasteiger partial charge in [0.1, 0.15) is 0 Å². The monoisotopic (exact) mass is 198 g/mol. The molecule has 14 heavy (non-hydrogen) atoms. The van der Waals surface area contributed by atoms with Crippen LogP contribution in [-0.2, 0) is 4.79 Å². The summed E-state index contributed by atoms with van der Waals surface area (Å²) in [6.07, 6.45) is 4.71. The zero-order valence-electron chi connectivity index (χ0n) is 9.31. The summed E-state index contributed by atoms with van der Waals surface area (Å²) >= 11 is 0. The molecule has 0 aromatic carbocycles. The molecule has 0 bridgehead atoms. The van der Waals surface area contributed by atoms with Gasteiger partial charge in [-0.05, 0) is 32.7 Å². The first-order valence-electron chi connectivity index (χ1n) is 5.68. The molecule has 0 saturated heterocycles. The summed E-state index contributed by atoms with van der Waals surface area (Å²) in [6, 6.07) is 0.258. The van der Waals surface area contributed by atoms with Gasteiger partial charge in [-0.1, -0.05) is 12.8 Å². The number of carbonyl (C=O) groups excluding carboxylic acids is 1. The van der Waals surface area contributed by atoms with Crippen molar-refractivity contribution in [3.63, 3.8) is 0 Å². The van der Waals surface area contributed by atoms with E-state index in [0.717, 1.165) is 19.0 Å². The van der Waals surface area contributed by atoms with E-state index in [2.05, 4.69) is 10.6 Å². The first kappa shape index (κ1) is 11.5. The van der Waals surface area contributed by atoms with Crippen molar-refractivity contribution in [1.29, 1.82) is 0 Å². The molecular weight excluding hydrogens is 176 g/mol.